The number of likely N-dealkylation sites (tertiary alicyclic amines) is 1. The molecule has 20 heavy (non-hydrogen) atoms. The van der Waals surface area contributed by atoms with Gasteiger partial charge in [-0.3, -0.25) is 4.79 Å². The van der Waals surface area contributed by atoms with E-state index in [0.717, 1.165) is 19.3 Å². The lowest BCUT2D eigenvalue weighted by Gasteiger charge is -2.31. The van der Waals surface area contributed by atoms with Crippen molar-refractivity contribution in [1.29, 1.82) is 0 Å². The van der Waals surface area contributed by atoms with Gasteiger partial charge >= 0.3 is 12.0 Å². The van der Waals surface area contributed by atoms with Crippen molar-refractivity contribution in [2.45, 2.75) is 58.9 Å². The minimum absolute atomic E-state index is 0.118. The second-order valence-corrected chi connectivity index (χ2v) is 6.30. The molecule has 1 fully saturated rings. The molecule has 1 heterocycles. The lowest BCUT2D eigenvalue weighted by atomic mass is 9.98. The van der Waals surface area contributed by atoms with Crippen LogP contribution in [-0.2, 0) is 4.79 Å². The number of nitrogens with one attached hydrogen (secondary N) is 1. The minimum atomic E-state index is -0.799. The third-order valence-electron chi connectivity index (χ3n) is 3.85. The van der Waals surface area contributed by atoms with Crippen molar-refractivity contribution in [3.05, 3.63) is 0 Å². The number of carbonyl (C=O) groups excluding carboxylic acids is 1. The number of hydrogen-bond donors (Lipinski definition) is 2. The molecule has 2 N–H and O–H groups in total. The van der Waals surface area contributed by atoms with Crippen molar-refractivity contribution in [1.82, 2.24) is 10.2 Å². The molecule has 1 aliphatic heterocycles. The van der Waals surface area contributed by atoms with E-state index < -0.39 is 11.9 Å². The van der Waals surface area contributed by atoms with Gasteiger partial charge in [0.2, 0.25) is 0 Å². The number of carboxylic acids is 1. The Kier molecular flexibility index (Phi) is 6.82. The molecule has 1 aliphatic rings. The van der Waals surface area contributed by atoms with Crippen molar-refractivity contribution in [2.24, 2.45) is 11.8 Å². The Balaban J connectivity index is 2.32. The summed E-state index contributed by atoms with van der Waals surface area (Å²) >= 11 is 0. The van der Waals surface area contributed by atoms with Crippen molar-refractivity contribution >= 4 is 12.0 Å². The molecule has 5 nitrogen and oxygen atoms in total. The summed E-state index contributed by atoms with van der Waals surface area (Å²) in [5.41, 5.74) is 0. The summed E-state index contributed by atoms with van der Waals surface area (Å²) in [7, 11) is 0. The number of carboxylic acid groups (broad SMARTS) is 1. The molecule has 0 radical (unpaired) electrons. The molecule has 0 aromatic heterocycles. The molecule has 1 rings (SSSR count). The van der Waals surface area contributed by atoms with E-state index in [-0.39, 0.29) is 12.1 Å². The maximum absolute atomic E-state index is 12.1. The van der Waals surface area contributed by atoms with Crippen LogP contribution in [0.3, 0.4) is 0 Å². The van der Waals surface area contributed by atoms with E-state index in [0.29, 0.717) is 25.4 Å². The lowest BCUT2D eigenvalue weighted by Crippen LogP contribution is -2.49. The summed E-state index contributed by atoms with van der Waals surface area (Å²) in [6.45, 7) is 7.40. The summed E-state index contributed by atoms with van der Waals surface area (Å²) in [6, 6.07) is 0.0273. The van der Waals surface area contributed by atoms with Gasteiger partial charge in [-0.15, -0.1) is 0 Å². The fourth-order valence-corrected chi connectivity index (χ4v) is 2.57. The van der Waals surface area contributed by atoms with Gasteiger partial charge in [-0.25, -0.2) is 4.79 Å². The topological polar surface area (TPSA) is 69.6 Å². The highest BCUT2D eigenvalue weighted by Gasteiger charge is 2.28. The van der Waals surface area contributed by atoms with Gasteiger partial charge in [0.25, 0.3) is 0 Å². The molecule has 2 atom stereocenters. The molecular formula is C15H28N2O3. The van der Waals surface area contributed by atoms with Gasteiger partial charge in [-0.05, 0) is 32.1 Å². The SMILES string of the molecule is CC(C)CCCC(C)NC(=O)N1CCC[C@H](C(=O)O)C1. The Bertz CT molecular complexity index is 331. The number of nitrogens with zero attached hydrogens (tertiary/aromatic N) is 1. The Morgan fingerprint density at radius 3 is 2.60 bits per heavy atom. The number of rotatable bonds is 6. The first kappa shape index (κ1) is 16.8. The van der Waals surface area contributed by atoms with Crippen LogP contribution in [0.2, 0.25) is 0 Å². The molecule has 0 aliphatic carbocycles. The average Bonchev–Trinajstić information content (AvgIpc) is 2.38. The van der Waals surface area contributed by atoms with Crippen LogP contribution in [0.5, 0.6) is 0 Å². The van der Waals surface area contributed by atoms with Crippen LogP contribution >= 0.6 is 0 Å². The molecule has 0 spiro atoms. The lowest BCUT2D eigenvalue weighted by molar-refractivity contribution is -0.143. The van der Waals surface area contributed by atoms with Gasteiger partial charge in [0.05, 0.1) is 5.92 Å². The predicted molar refractivity (Wildman–Crippen MR) is 78.6 cm³/mol. The van der Waals surface area contributed by atoms with E-state index in [2.05, 4.69) is 19.2 Å². The van der Waals surface area contributed by atoms with Crippen molar-refractivity contribution in [3.8, 4) is 0 Å². The van der Waals surface area contributed by atoms with Crippen LogP contribution in [0.15, 0.2) is 0 Å². The van der Waals surface area contributed by atoms with Crippen LogP contribution in [-0.4, -0.2) is 41.1 Å². The van der Waals surface area contributed by atoms with Crippen LogP contribution < -0.4 is 5.32 Å². The zero-order valence-electron chi connectivity index (χ0n) is 12.9. The second-order valence-electron chi connectivity index (χ2n) is 6.30. The zero-order valence-corrected chi connectivity index (χ0v) is 12.9. The van der Waals surface area contributed by atoms with E-state index in [4.69, 9.17) is 5.11 Å². The first-order chi connectivity index (χ1) is 9.40. The molecule has 0 bridgehead atoms. The van der Waals surface area contributed by atoms with Gasteiger partial charge in [0.1, 0.15) is 0 Å². The Labute approximate surface area is 121 Å². The normalized spacial score (nSPS) is 20.8. The van der Waals surface area contributed by atoms with Crippen LogP contribution in [0.1, 0.15) is 52.9 Å². The first-order valence-electron chi connectivity index (χ1n) is 7.68. The highest BCUT2D eigenvalue weighted by molar-refractivity contribution is 5.76. The van der Waals surface area contributed by atoms with Gasteiger partial charge in [0, 0.05) is 19.1 Å². The van der Waals surface area contributed by atoms with E-state index >= 15 is 0 Å². The van der Waals surface area contributed by atoms with Gasteiger partial charge in [0.15, 0.2) is 0 Å². The third-order valence-corrected chi connectivity index (χ3v) is 3.85. The van der Waals surface area contributed by atoms with Gasteiger partial charge < -0.3 is 15.3 Å². The van der Waals surface area contributed by atoms with Gasteiger partial charge in [-0.2, -0.15) is 0 Å². The maximum atomic E-state index is 12.1. The first-order valence-corrected chi connectivity index (χ1v) is 7.68. The molecule has 0 aromatic rings. The molecule has 5 heteroatoms. The quantitative estimate of drug-likeness (QED) is 0.788. The number of carbonyl (C=O) groups is 2. The van der Waals surface area contributed by atoms with Crippen LogP contribution in [0.4, 0.5) is 4.79 Å². The zero-order chi connectivity index (χ0) is 15.1. The smallest absolute Gasteiger partial charge is 0.317 e. The molecule has 1 unspecified atom stereocenters. The fourth-order valence-electron chi connectivity index (χ4n) is 2.57. The number of aliphatic carboxylic acids is 1. The monoisotopic (exact) mass is 284 g/mol. The van der Waals surface area contributed by atoms with Crippen LogP contribution in [0.25, 0.3) is 0 Å². The molecule has 0 aromatic carbocycles. The van der Waals surface area contributed by atoms with E-state index in [1.54, 1.807) is 4.90 Å². The summed E-state index contributed by atoms with van der Waals surface area (Å²) in [5.74, 6) is -0.519. The van der Waals surface area contributed by atoms with Crippen molar-refractivity contribution < 1.29 is 14.7 Å². The Hall–Kier alpha value is -1.26. The molecule has 1 saturated heterocycles. The predicted octanol–water partition coefficient (Wildman–Crippen LogP) is 2.71. The summed E-state index contributed by atoms with van der Waals surface area (Å²) in [4.78, 5) is 24.7. The third kappa shape index (κ3) is 5.80. The van der Waals surface area contributed by atoms with Gasteiger partial charge in [-0.1, -0.05) is 26.7 Å². The molecular weight excluding hydrogens is 256 g/mol. The minimum Gasteiger partial charge on any atom is -0.481 e. The molecule has 116 valence electrons. The summed E-state index contributed by atoms with van der Waals surface area (Å²) in [6.07, 6.45) is 4.69. The number of urea groups is 1. The summed E-state index contributed by atoms with van der Waals surface area (Å²) < 4.78 is 0. The number of piperidine rings is 1. The highest BCUT2D eigenvalue weighted by Crippen LogP contribution is 2.17. The number of amides is 2. The van der Waals surface area contributed by atoms with Crippen molar-refractivity contribution in [3.63, 3.8) is 0 Å². The average molecular weight is 284 g/mol. The largest absolute Gasteiger partial charge is 0.481 e. The highest BCUT2D eigenvalue weighted by atomic mass is 16.4. The molecule has 2 amide bonds. The van der Waals surface area contributed by atoms with Crippen molar-refractivity contribution in [2.75, 3.05) is 13.1 Å². The summed E-state index contributed by atoms with van der Waals surface area (Å²) in [5, 5.41) is 12.0. The standard InChI is InChI=1S/C15H28N2O3/c1-11(2)6-4-7-12(3)16-15(20)17-9-5-8-13(10-17)14(18)19/h11-13H,4-10H2,1-3H3,(H,16,20)(H,18,19)/t12?,13-/m0/s1. The van der Waals surface area contributed by atoms with E-state index in [1.165, 1.54) is 6.42 Å². The second kappa shape index (κ2) is 8.12. The molecule has 0 saturated carbocycles. The van der Waals surface area contributed by atoms with Crippen LogP contribution in [0, 0.1) is 11.8 Å². The van der Waals surface area contributed by atoms with E-state index in [9.17, 15) is 9.59 Å². The Morgan fingerprint density at radius 2 is 2.00 bits per heavy atom. The Morgan fingerprint density at radius 1 is 1.30 bits per heavy atom. The number of hydrogen-bond acceptors (Lipinski definition) is 2. The van der Waals surface area contributed by atoms with E-state index in [1.807, 2.05) is 6.92 Å². The fraction of sp³-hybridized carbons (Fsp3) is 0.867. The maximum Gasteiger partial charge on any atom is 0.317 e.